The number of benzene rings is 2. The van der Waals surface area contributed by atoms with Gasteiger partial charge in [0.1, 0.15) is 5.82 Å². The highest BCUT2D eigenvalue weighted by molar-refractivity contribution is 5.80. The number of unbranched alkanes of at least 4 members (excludes halogenated alkanes) is 1. The Bertz CT molecular complexity index is 1260. The van der Waals surface area contributed by atoms with E-state index in [9.17, 15) is 9.90 Å². The molecular weight excluding hydrogens is 428 g/mol. The average molecular weight is 457 g/mol. The zero-order valence-corrected chi connectivity index (χ0v) is 19.2. The minimum atomic E-state index is -0.766. The van der Waals surface area contributed by atoms with E-state index < -0.39 is 5.97 Å². The van der Waals surface area contributed by atoms with Crippen molar-refractivity contribution in [1.29, 1.82) is 0 Å². The first-order valence-corrected chi connectivity index (χ1v) is 11.9. The van der Waals surface area contributed by atoms with Gasteiger partial charge in [0.15, 0.2) is 0 Å². The zero-order chi connectivity index (χ0) is 23.5. The number of carboxylic acid groups (broad SMARTS) is 1. The molecule has 1 aliphatic heterocycles. The summed E-state index contributed by atoms with van der Waals surface area (Å²) < 4.78 is 2.31. The van der Waals surface area contributed by atoms with Crippen molar-refractivity contribution in [3.05, 3.63) is 71.8 Å². The normalized spacial score (nSPS) is 17.4. The number of aliphatic carboxylic acids is 1. The summed E-state index contributed by atoms with van der Waals surface area (Å²) in [5.41, 5.74) is 5.47. The van der Waals surface area contributed by atoms with Gasteiger partial charge in [-0.05, 0) is 47.6 Å². The largest absolute Gasteiger partial charge is 0.481 e. The third-order valence-corrected chi connectivity index (χ3v) is 6.69. The van der Waals surface area contributed by atoms with Gasteiger partial charge in [-0.3, -0.25) is 4.79 Å². The molecule has 0 bridgehead atoms. The van der Waals surface area contributed by atoms with Crippen LogP contribution in [0, 0.1) is 0 Å². The number of aryl methyl sites for hydroxylation is 1. The lowest BCUT2D eigenvalue weighted by Gasteiger charge is -2.32. The molecule has 0 saturated heterocycles. The lowest BCUT2D eigenvalue weighted by atomic mass is 9.87. The fourth-order valence-electron chi connectivity index (χ4n) is 5.04. The topological polar surface area (TPSA) is 110 Å². The number of rotatable bonds is 8. The molecule has 0 fully saturated rings. The van der Waals surface area contributed by atoms with Gasteiger partial charge in [-0.2, -0.15) is 5.21 Å². The molecule has 2 atom stereocenters. The summed E-state index contributed by atoms with van der Waals surface area (Å²) in [4.78, 5) is 16.1. The maximum Gasteiger partial charge on any atom is 0.304 e. The Morgan fingerprint density at radius 2 is 1.91 bits per heavy atom. The van der Waals surface area contributed by atoms with Crippen LogP contribution in [-0.2, 0) is 11.2 Å². The van der Waals surface area contributed by atoms with Gasteiger partial charge in [0, 0.05) is 23.4 Å². The monoisotopic (exact) mass is 456 g/mol. The second-order valence-corrected chi connectivity index (χ2v) is 8.87. The summed E-state index contributed by atoms with van der Waals surface area (Å²) in [7, 11) is 0. The number of fused-ring (bicyclic) bond motifs is 1. The molecular formula is C26H28N6O2. The summed E-state index contributed by atoms with van der Waals surface area (Å²) in [6, 6.07) is 16.8. The first kappa shape index (κ1) is 22.0. The van der Waals surface area contributed by atoms with Gasteiger partial charge in [0.05, 0.1) is 12.5 Å². The van der Waals surface area contributed by atoms with Crippen LogP contribution < -0.4 is 0 Å². The Labute approximate surface area is 198 Å². The van der Waals surface area contributed by atoms with E-state index in [1.54, 1.807) is 0 Å². The van der Waals surface area contributed by atoms with Gasteiger partial charge < -0.3 is 9.67 Å². The van der Waals surface area contributed by atoms with Crippen molar-refractivity contribution >= 4 is 5.97 Å². The smallest absolute Gasteiger partial charge is 0.304 e. The van der Waals surface area contributed by atoms with Gasteiger partial charge in [0.25, 0.3) is 0 Å². The van der Waals surface area contributed by atoms with Gasteiger partial charge in [-0.15, -0.1) is 10.2 Å². The number of aromatic nitrogens is 6. The van der Waals surface area contributed by atoms with Gasteiger partial charge in [0.2, 0.25) is 5.82 Å². The zero-order valence-electron chi connectivity index (χ0n) is 19.2. The standard InChI is InChI=1S/C26H28N6O2/c1-2-3-6-20-16-27-26-19(15-24(33)34)13-14-23(32(20)26)18-11-9-17(10-12-18)21-7-4-5-8-22(21)25-28-30-31-29-25/h4-5,7-12,16,19,23H,2-3,6,13-15H2,1H3,(H,33,34)(H,28,29,30,31)/t19-,23+/m0/s1. The van der Waals surface area contributed by atoms with E-state index >= 15 is 0 Å². The fraction of sp³-hybridized carbons (Fsp3) is 0.346. The minimum Gasteiger partial charge on any atom is -0.481 e. The molecule has 2 aromatic heterocycles. The molecule has 0 amide bonds. The third kappa shape index (κ3) is 4.23. The van der Waals surface area contributed by atoms with Gasteiger partial charge in [-0.1, -0.05) is 61.9 Å². The molecule has 4 aromatic rings. The van der Waals surface area contributed by atoms with E-state index in [0.717, 1.165) is 54.6 Å². The number of imidazole rings is 1. The van der Waals surface area contributed by atoms with Crippen LogP contribution in [0.4, 0.5) is 0 Å². The van der Waals surface area contributed by atoms with Crippen molar-refractivity contribution in [2.45, 2.75) is 57.4 Å². The van der Waals surface area contributed by atoms with Crippen molar-refractivity contribution in [3.8, 4) is 22.5 Å². The number of nitrogens with zero attached hydrogens (tertiary/aromatic N) is 5. The molecule has 34 heavy (non-hydrogen) atoms. The number of nitrogens with one attached hydrogen (secondary N) is 1. The Balaban J connectivity index is 1.48. The highest BCUT2D eigenvalue weighted by Crippen LogP contribution is 2.40. The Morgan fingerprint density at radius 1 is 1.12 bits per heavy atom. The molecule has 2 aromatic carbocycles. The molecule has 2 N–H and O–H groups in total. The van der Waals surface area contributed by atoms with Crippen LogP contribution in [0.15, 0.2) is 54.7 Å². The summed E-state index contributed by atoms with van der Waals surface area (Å²) in [5.74, 6) is 0.680. The maximum absolute atomic E-state index is 11.4. The molecule has 5 rings (SSSR count). The van der Waals surface area contributed by atoms with Crippen LogP contribution >= 0.6 is 0 Å². The SMILES string of the molecule is CCCCc1cnc2n1[C@@H](c1ccc(-c3ccccc3-c3nn[nH]n3)cc1)CC[C@H]2CC(=O)O. The first-order valence-electron chi connectivity index (χ1n) is 11.9. The summed E-state index contributed by atoms with van der Waals surface area (Å²) in [6.45, 7) is 2.18. The Hall–Kier alpha value is -3.81. The molecule has 0 saturated carbocycles. The van der Waals surface area contributed by atoms with Crippen LogP contribution in [0.3, 0.4) is 0 Å². The summed E-state index contributed by atoms with van der Waals surface area (Å²) in [6.07, 6.45) is 6.96. The van der Waals surface area contributed by atoms with Crippen molar-refractivity contribution in [2.24, 2.45) is 0 Å². The quantitative estimate of drug-likeness (QED) is 0.385. The van der Waals surface area contributed by atoms with Crippen molar-refractivity contribution in [3.63, 3.8) is 0 Å². The van der Waals surface area contributed by atoms with Crippen LogP contribution in [-0.4, -0.2) is 41.3 Å². The third-order valence-electron chi connectivity index (χ3n) is 6.69. The number of hydrogen-bond donors (Lipinski definition) is 2. The lowest BCUT2D eigenvalue weighted by Crippen LogP contribution is -2.25. The highest BCUT2D eigenvalue weighted by Gasteiger charge is 2.32. The van der Waals surface area contributed by atoms with E-state index in [0.29, 0.717) is 5.82 Å². The maximum atomic E-state index is 11.4. The average Bonchev–Trinajstić information content (AvgIpc) is 3.54. The van der Waals surface area contributed by atoms with Crippen molar-refractivity contribution in [2.75, 3.05) is 0 Å². The molecule has 8 heteroatoms. The number of H-pyrrole nitrogens is 1. The number of hydrogen-bond acceptors (Lipinski definition) is 5. The summed E-state index contributed by atoms with van der Waals surface area (Å²) in [5, 5.41) is 23.9. The van der Waals surface area contributed by atoms with Gasteiger partial charge in [-0.25, -0.2) is 4.98 Å². The first-order chi connectivity index (χ1) is 16.7. The van der Waals surface area contributed by atoms with Crippen LogP contribution in [0.25, 0.3) is 22.5 Å². The van der Waals surface area contributed by atoms with Crippen molar-refractivity contribution < 1.29 is 9.90 Å². The summed E-state index contributed by atoms with van der Waals surface area (Å²) >= 11 is 0. The Morgan fingerprint density at radius 3 is 2.62 bits per heavy atom. The minimum absolute atomic E-state index is 0.0368. The van der Waals surface area contributed by atoms with Crippen LogP contribution in [0.5, 0.6) is 0 Å². The highest BCUT2D eigenvalue weighted by atomic mass is 16.4. The molecule has 0 aliphatic carbocycles. The number of tetrazole rings is 1. The Kier molecular flexibility index (Phi) is 6.20. The molecule has 0 radical (unpaired) electrons. The van der Waals surface area contributed by atoms with Crippen LogP contribution in [0.1, 0.15) is 68.1 Å². The molecule has 1 aliphatic rings. The van der Waals surface area contributed by atoms with Crippen LogP contribution in [0.2, 0.25) is 0 Å². The fourth-order valence-corrected chi connectivity index (χ4v) is 5.04. The van der Waals surface area contributed by atoms with E-state index in [1.165, 1.54) is 11.3 Å². The predicted octanol–water partition coefficient (Wildman–Crippen LogP) is 5.01. The second-order valence-electron chi connectivity index (χ2n) is 8.87. The molecule has 174 valence electrons. The van der Waals surface area contributed by atoms with E-state index in [1.807, 2.05) is 24.4 Å². The molecule has 0 spiro atoms. The number of aromatic amines is 1. The predicted molar refractivity (Wildman–Crippen MR) is 128 cm³/mol. The van der Waals surface area contributed by atoms with E-state index in [-0.39, 0.29) is 18.4 Å². The lowest BCUT2D eigenvalue weighted by molar-refractivity contribution is -0.137. The molecule has 0 unspecified atom stereocenters. The number of carbonyl (C=O) groups is 1. The van der Waals surface area contributed by atoms with Gasteiger partial charge >= 0.3 is 5.97 Å². The van der Waals surface area contributed by atoms with Crippen molar-refractivity contribution in [1.82, 2.24) is 30.2 Å². The molecule has 8 nitrogen and oxygen atoms in total. The number of carboxylic acids is 1. The molecule has 3 heterocycles. The second kappa shape index (κ2) is 9.59. The van der Waals surface area contributed by atoms with E-state index in [4.69, 9.17) is 4.98 Å². The van der Waals surface area contributed by atoms with E-state index in [2.05, 4.69) is 62.4 Å².